The van der Waals surface area contributed by atoms with Crippen molar-refractivity contribution >= 4 is 11.3 Å². The van der Waals surface area contributed by atoms with E-state index in [2.05, 4.69) is 22.8 Å². The standard InChI is InChI=1S/C13H21NOS/c1-10(15)9-14-13(11-5-2-3-6-11)12-7-4-8-16-12/h4,7-8,10-11,13-15H,2-3,5-6,9H2,1H3/t10-,13?/m0/s1. The molecule has 2 nitrogen and oxygen atoms in total. The molecule has 1 aromatic heterocycles. The maximum Gasteiger partial charge on any atom is 0.0636 e. The van der Waals surface area contributed by atoms with Gasteiger partial charge < -0.3 is 10.4 Å². The van der Waals surface area contributed by atoms with Gasteiger partial charge in [0, 0.05) is 17.5 Å². The third-order valence-electron chi connectivity index (χ3n) is 3.35. The van der Waals surface area contributed by atoms with Crippen molar-refractivity contribution in [1.29, 1.82) is 0 Å². The Balaban J connectivity index is 2.00. The molecule has 2 N–H and O–H groups in total. The Morgan fingerprint density at radius 2 is 2.25 bits per heavy atom. The minimum absolute atomic E-state index is 0.260. The van der Waals surface area contributed by atoms with E-state index in [-0.39, 0.29) is 6.10 Å². The fraction of sp³-hybridized carbons (Fsp3) is 0.692. The molecule has 2 rings (SSSR count). The summed E-state index contributed by atoms with van der Waals surface area (Å²) < 4.78 is 0. The molecule has 2 atom stereocenters. The Hall–Kier alpha value is -0.380. The smallest absolute Gasteiger partial charge is 0.0636 e. The van der Waals surface area contributed by atoms with Crippen LogP contribution >= 0.6 is 11.3 Å². The molecule has 0 aromatic carbocycles. The number of hydrogen-bond acceptors (Lipinski definition) is 3. The summed E-state index contributed by atoms with van der Waals surface area (Å²) in [7, 11) is 0. The summed E-state index contributed by atoms with van der Waals surface area (Å²) in [5, 5.41) is 15.0. The Labute approximate surface area is 102 Å². The molecule has 0 amide bonds. The summed E-state index contributed by atoms with van der Waals surface area (Å²) in [5.74, 6) is 0.761. The van der Waals surface area contributed by atoms with Gasteiger partial charge in [-0.3, -0.25) is 0 Å². The molecule has 0 bridgehead atoms. The van der Waals surface area contributed by atoms with Gasteiger partial charge in [0.1, 0.15) is 0 Å². The molecule has 1 heterocycles. The van der Waals surface area contributed by atoms with Gasteiger partial charge in [-0.2, -0.15) is 0 Å². The highest BCUT2D eigenvalue weighted by Gasteiger charge is 2.26. The van der Waals surface area contributed by atoms with Crippen molar-refractivity contribution < 1.29 is 5.11 Å². The average Bonchev–Trinajstić information content (AvgIpc) is 2.88. The number of hydrogen-bond donors (Lipinski definition) is 2. The average molecular weight is 239 g/mol. The minimum atomic E-state index is -0.260. The van der Waals surface area contributed by atoms with Crippen molar-refractivity contribution in [3.63, 3.8) is 0 Å². The normalized spacial score (nSPS) is 21.1. The third-order valence-corrected chi connectivity index (χ3v) is 4.31. The monoisotopic (exact) mass is 239 g/mol. The molecule has 1 aliphatic carbocycles. The molecule has 3 heteroatoms. The van der Waals surface area contributed by atoms with Crippen LogP contribution in [0.25, 0.3) is 0 Å². The second kappa shape index (κ2) is 5.80. The maximum atomic E-state index is 9.38. The van der Waals surface area contributed by atoms with Gasteiger partial charge in [0.15, 0.2) is 0 Å². The lowest BCUT2D eigenvalue weighted by molar-refractivity contribution is 0.180. The highest BCUT2D eigenvalue weighted by molar-refractivity contribution is 7.10. The Morgan fingerprint density at radius 3 is 2.81 bits per heavy atom. The highest BCUT2D eigenvalue weighted by atomic mass is 32.1. The second-order valence-corrected chi connectivity index (χ2v) is 5.77. The van der Waals surface area contributed by atoms with E-state index in [1.165, 1.54) is 30.6 Å². The first kappa shape index (κ1) is 12.1. The van der Waals surface area contributed by atoms with Crippen molar-refractivity contribution in [1.82, 2.24) is 5.32 Å². The molecule has 0 spiro atoms. The summed E-state index contributed by atoms with van der Waals surface area (Å²) in [4.78, 5) is 1.42. The van der Waals surface area contributed by atoms with Gasteiger partial charge in [-0.25, -0.2) is 0 Å². The van der Waals surface area contributed by atoms with Gasteiger partial charge in [0.25, 0.3) is 0 Å². The quantitative estimate of drug-likeness (QED) is 0.828. The first-order valence-electron chi connectivity index (χ1n) is 6.22. The lowest BCUT2D eigenvalue weighted by Crippen LogP contribution is -2.32. The van der Waals surface area contributed by atoms with Crippen LogP contribution < -0.4 is 5.32 Å². The van der Waals surface area contributed by atoms with Crippen LogP contribution in [0.1, 0.15) is 43.5 Å². The first-order valence-corrected chi connectivity index (χ1v) is 7.10. The summed E-state index contributed by atoms with van der Waals surface area (Å²) in [5.41, 5.74) is 0. The van der Waals surface area contributed by atoms with Gasteiger partial charge in [-0.15, -0.1) is 11.3 Å². The van der Waals surface area contributed by atoms with Crippen molar-refractivity contribution in [2.45, 2.75) is 44.8 Å². The first-order chi connectivity index (χ1) is 7.77. The van der Waals surface area contributed by atoms with E-state index in [4.69, 9.17) is 0 Å². The zero-order valence-corrected chi connectivity index (χ0v) is 10.7. The van der Waals surface area contributed by atoms with Gasteiger partial charge in [0.05, 0.1) is 6.10 Å². The van der Waals surface area contributed by atoms with E-state index in [0.29, 0.717) is 12.6 Å². The summed E-state index contributed by atoms with van der Waals surface area (Å²) in [6.07, 6.45) is 5.13. The molecule has 1 aliphatic rings. The van der Waals surface area contributed by atoms with Crippen LogP contribution in [0.3, 0.4) is 0 Å². The van der Waals surface area contributed by atoms with Crippen molar-refractivity contribution in [3.05, 3.63) is 22.4 Å². The predicted octanol–water partition coefficient (Wildman–Crippen LogP) is 2.95. The molecule has 0 aliphatic heterocycles. The minimum Gasteiger partial charge on any atom is -0.392 e. The van der Waals surface area contributed by atoms with Crippen LogP contribution in [0.2, 0.25) is 0 Å². The van der Waals surface area contributed by atoms with Crippen LogP contribution in [0.4, 0.5) is 0 Å². The summed E-state index contributed by atoms with van der Waals surface area (Å²) in [6, 6.07) is 4.78. The molecule has 1 fully saturated rings. The Bertz CT molecular complexity index is 291. The number of aliphatic hydroxyl groups is 1. The van der Waals surface area contributed by atoms with E-state index in [1.807, 2.05) is 18.3 Å². The molecular weight excluding hydrogens is 218 g/mol. The maximum absolute atomic E-state index is 9.38. The van der Waals surface area contributed by atoms with Crippen LogP contribution in [-0.2, 0) is 0 Å². The highest BCUT2D eigenvalue weighted by Crippen LogP contribution is 2.37. The molecule has 1 unspecified atom stereocenters. The van der Waals surface area contributed by atoms with Crippen molar-refractivity contribution in [2.75, 3.05) is 6.54 Å². The number of rotatable bonds is 5. The number of thiophene rings is 1. The van der Waals surface area contributed by atoms with Gasteiger partial charge in [-0.05, 0) is 37.1 Å². The van der Waals surface area contributed by atoms with Crippen LogP contribution in [0.15, 0.2) is 17.5 Å². The molecule has 0 radical (unpaired) electrons. The molecule has 1 saturated carbocycles. The largest absolute Gasteiger partial charge is 0.392 e. The lowest BCUT2D eigenvalue weighted by Gasteiger charge is -2.24. The topological polar surface area (TPSA) is 32.3 Å². The third kappa shape index (κ3) is 3.06. The van der Waals surface area contributed by atoms with Gasteiger partial charge in [0.2, 0.25) is 0 Å². The van der Waals surface area contributed by atoms with Crippen LogP contribution in [0, 0.1) is 5.92 Å². The van der Waals surface area contributed by atoms with E-state index >= 15 is 0 Å². The second-order valence-electron chi connectivity index (χ2n) is 4.79. The fourth-order valence-corrected chi connectivity index (χ4v) is 3.45. The van der Waals surface area contributed by atoms with Crippen molar-refractivity contribution in [2.24, 2.45) is 5.92 Å². The molecule has 16 heavy (non-hydrogen) atoms. The van der Waals surface area contributed by atoms with Crippen LogP contribution in [0.5, 0.6) is 0 Å². The zero-order chi connectivity index (χ0) is 11.4. The lowest BCUT2D eigenvalue weighted by atomic mass is 9.96. The molecule has 1 aromatic rings. The number of nitrogens with one attached hydrogen (secondary N) is 1. The van der Waals surface area contributed by atoms with Crippen LogP contribution in [-0.4, -0.2) is 17.8 Å². The SMILES string of the molecule is C[C@H](O)CNC(c1cccs1)C1CCCC1. The van der Waals surface area contributed by atoms with Gasteiger partial charge >= 0.3 is 0 Å². The summed E-state index contributed by atoms with van der Waals surface area (Å²) >= 11 is 1.83. The van der Waals surface area contributed by atoms with Gasteiger partial charge in [-0.1, -0.05) is 18.9 Å². The number of aliphatic hydroxyl groups excluding tert-OH is 1. The molecular formula is C13H21NOS. The van der Waals surface area contributed by atoms with E-state index in [1.54, 1.807) is 0 Å². The Kier molecular flexibility index (Phi) is 4.38. The van der Waals surface area contributed by atoms with E-state index < -0.39 is 0 Å². The Morgan fingerprint density at radius 1 is 1.50 bits per heavy atom. The van der Waals surface area contributed by atoms with Crippen molar-refractivity contribution in [3.8, 4) is 0 Å². The molecule has 90 valence electrons. The van der Waals surface area contributed by atoms with E-state index in [9.17, 15) is 5.11 Å². The summed E-state index contributed by atoms with van der Waals surface area (Å²) in [6.45, 7) is 2.53. The molecule has 0 saturated heterocycles. The fourth-order valence-electron chi connectivity index (χ4n) is 2.56. The zero-order valence-electron chi connectivity index (χ0n) is 9.86. The predicted molar refractivity (Wildman–Crippen MR) is 68.7 cm³/mol. The van der Waals surface area contributed by atoms with E-state index in [0.717, 1.165) is 5.92 Å².